The topological polar surface area (TPSA) is 32.7 Å². The van der Waals surface area contributed by atoms with Gasteiger partial charge < -0.3 is 14.7 Å². The summed E-state index contributed by atoms with van der Waals surface area (Å²) in [5.41, 5.74) is 1.44. The zero-order valence-electron chi connectivity index (χ0n) is 11.5. The van der Waals surface area contributed by atoms with E-state index in [0.717, 1.165) is 50.9 Å². The van der Waals surface area contributed by atoms with Gasteiger partial charge in [0.15, 0.2) is 11.6 Å². The fourth-order valence-corrected chi connectivity index (χ4v) is 2.96. The quantitative estimate of drug-likeness (QED) is 0.850. The van der Waals surface area contributed by atoms with Crippen LogP contribution in [-0.4, -0.2) is 24.5 Å². The van der Waals surface area contributed by atoms with Gasteiger partial charge in [0, 0.05) is 24.4 Å². The minimum Gasteiger partial charge on any atom is -0.504 e. The standard InChI is InChI=1S/C16H20FNO2/c17-13-8-9-14-12(16(13)19)6-2-1-4-10-18(14)15-7-3-5-11-20-15/h2,6,8-9,15,19H,1,3-5,7,10-11H2/b6-2+. The number of phenolic OH excluding ortho intramolecular Hbond substituents is 1. The van der Waals surface area contributed by atoms with Gasteiger partial charge in [-0.05, 0) is 44.2 Å². The van der Waals surface area contributed by atoms with Crippen molar-refractivity contribution in [3.05, 3.63) is 29.6 Å². The molecular formula is C16H20FNO2. The predicted octanol–water partition coefficient (Wildman–Crippen LogP) is 3.67. The lowest BCUT2D eigenvalue weighted by atomic mass is 10.0. The van der Waals surface area contributed by atoms with Crippen molar-refractivity contribution in [1.29, 1.82) is 0 Å². The molecule has 3 rings (SSSR count). The lowest BCUT2D eigenvalue weighted by Gasteiger charge is -2.37. The molecule has 0 radical (unpaired) electrons. The fourth-order valence-electron chi connectivity index (χ4n) is 2.96. The Morgan fingerprint density at radius 3 is 2.95 bits per heavy atom. The molecule has 108 valence electrons. The highest BCUT2D eigenvalue weighted by Crippen LogP contribution is 2.36. The molecule has 1 unspecified atom stereocenters. The van der Waals surface area contributed by atoms with Gasteiger partial charge >= 0.3 is 0 Å². The second-order valence-corrected chi connectivity index (χ2v) is 5.39. The molecule has 1 N–H and O–H groups in total. The van der Waals surface area contributed by atoms with Gasteiger partial charge in [-0.25, -0.2) is 4.39 Å². The van der Waals surface area contributed by atoms with Gasteiger partial charge in [0.1, 0.15) is 6.23 Å². The summed E-state index contributed by atoms with van der Waals surface area (Å²) < 4.78 is 19.4. The Hall–Kier alpha value is -1.55. The highest BCUT2D eigenvalue weighted by atomic mass is 19.1. The molecule has 0 amide bonds. The average Bonchev–Trinajstić information content (AvgIpc) is 2.45. The molecule has 1 saturated heterocycles. The molecule has 2 aliphatic heterocycles. The van der Waals surface area contributed by atoms with Crippen LogP contribution in [-0.2, 0) is 4.74 Å². The van der Waals surface area contributed by atoms with Crippen LogP contribution in [0.5, 0.6) is 5.75 Å². The molecule has 0 bridgehead atoms. The Morgan fingerprint density at radius 1 is 1.25 bits per heavy atom. The molecule has 1 aromatic rings. The molecule has 3 nitrogen and oxygen atoms in total. The van der Waals surface area contributed by atoms with Crippen molar-refractivity contribution in [3.8, 4) is 5.75 Å². The van der Waals surface area contributed by atoms with Gasteiger partial charge in [-0.1, -0.05) is 12.2 Å². The predicted molar refractivity (Wildman–Crippen MR) is 77.3 cm³/mol. The maximum Gasteiger partial charge on any atom is 0.165 e. The maximum atomic E-state index is 13.6. The number of nitrogens with zero attached hydrogens (tertiary/aromatic N) is 1. The fraction of sp³-hybridized carbons (Fsp3) is 0.500. The molecule has 1 fully saturated rings. The van der Waals surface area contributed by atoms with E-state index in [2.05, 4.69) is 4.90 Å². The van der Waals surface area contributed by atoms with Crippen LogP contribution in [0.25, 0.3) is 6.08 Å². The van der Waals surface area contributed by atoms with Crippen LogP contribution < -0.4 is 4.90 Å². The molecule has 2 heterocycles. The van der Waals surface area contributed by atoms with Crippen molar-refractivity contribution in [3.63, 3.8) is 0 Å². The Morgan fingerprint density at radius 2 is 2.15 bits per heavy atom. The van der Waals surface area contributed by atoms with E-state index < -0.39 is 5.82 Å². The molecule has 1 aromatic carbocycles. The SMILES string of the molecule is Oc1c(F)ccc2c1/C=C/CCCN2C1CCCCO1. The number of hydrogen-bond donors (Lipinski definition) is 1. The number of phenols is 1. The van der Waals surface area contributed by atoms with Crippen LogP contribution in [0.15, 0.2) is 18.2 Å². The van der Waals surface area contributed by atoms with Crippen molar-refractivity contribution < 1.29 is 14.2 Å². The molecule has 2 aliphatic rings. The number of halogens is 1. The first kappa shape index (κ1) is 13.4. The highest BCUT2D eigenvalue weighted by molar-refractivity contribution is 5.73. The number of aromatic hydroxyl groups is 1. The monoisotopic (exact) mass is 277 g/mol. The molecular weight excluding hydrogens is 257 g/mol. The van der Waals surface area contributed by atoms with Crippen LogP contribution >= 0.6 is 0 Å². The first-order valence-electron chi connectivity index (χ1n) is 7.33. The Kier molecular flexibility index (Phi) is 3.92. The number of fused-ring (bicyclic) bond motifs is 1. The molecule has 0 aromatic heterocycles. The smallest absolute Gasteiger partial charge is 0.165 e. The first-order chi connectivity index (χ1) is 9.77. The Labute approximate surface area is 118 Å². The summed E-state index contributed by atoms with van der Waals surface area (Å²) in [5.74, 6) is -0.833. The third kappa shape index (κ3) is 2.52. The summed E-state index contributed by atoms with van der Waals surface area (Å²) >= 11 is 0. The van der Waals surface area contributed by atoms with Crippen LogP contribution in [0, 0.1) is 5.82 Å². The second-order valence-electron chi connectivity index (χ2n) is 5.39. The maximum absolute atomic E-state index is 13.6. The highest BCUT2D eigenvalue weighted by Gasteiger charge is 2.25. The van der Waals surface area contributed by atoms with E-state index in [4.69, 9.17) is 4.74 Å². The van der Waals surface area contributed by atoms with E-state index in [1.165, 1.54) is 6.07 Å². The minimum absolute atomic E-state index is 0.0406. The van der Waals surface area contributed by atoms with Crippen molar-refractivity contribution in [2.24, 2.45) is 0 Å². The minimum atomic E-state index is -0.571. The van der Waals surface area contributed by atoms with E-state index in [0.29, 0.717) is 5.56 Å². The molecule has 0 spiro atoms. The van der Waals surface area contributed by atoms with Crippen LogP contribution in [0.2, 0.25) is 0 Å². The van der Waals surface area contributed by atoms with Crippen molar-refractivity contribution >= 4 is 11.8 Å². The van der Waals surface area contributed by atoms with Gasteiger partial charge in [0.2, 0.25) is 0 Å². The zero-order valence-corrected chi connectivity index (χ0v) is 11.5. The summed E-state index contributed by atoms with van der Waals surface area (Å²) in [6.45, 7) is 1.65. The lowest BCUT2D eigenvalue weighted by Crippen LogP contribution is -2.41. The van der Waals surface area contributed by atoms with Crippen molar-refractivity contribution in [2.75, 3.05) is 18.1 Å². The zero-order chi connectivity index (χ0) is 13.9. The third-order valence-corrected chi connectivity index (χ3v) is 4.01. The van der Waals surface area contributed by atoms with E-state index in [1.807, 2.05) is 12.2 Å². The second kappa shape index (κ2) is 5.83. The number of ether oxygens (including phenoxy) is 1. The van der Waals surface area contributed by atoms with Gasteiger partial charge in [0.05, 0.1) is 0 Å². The third-order valence-electron chi connectivity index (χ3n) is 4.01. The number of hydrogen-bond acceptors (Lipinski definition) is 3. The van der Waals surface area contributed by atoms with Crippen LogP contribution in [0.4, 0.5) is 10.1 Å². The number of benzene rings is 1. The summed E-state index contributed by atoms with van der Waals surface area (Å²) in [6.07, 6.45) is 9.07. The Balaban J connectivity index is 2.01. The number of allylic oxidation sites excluding steroid dienone is 1. The van der Waals surface area contributed by atoms with Gasteiger partial charge in [-0.15, -0.1) is 0 Å². The molecule has 1 atom stereocenters. The summed E-state index contributed by atoms with van der Waals surface area (Å²) in [4.78, 5) is 2.18. The molecule has 20 heavy (non-hydrogen) atoms. The normalized spacial score (nSPS) is 24.6. The van der Waals surface area contributed by atoms with E-state index >= 15 is 0 Å². The molecule has 0 aliphatic carbocycles. The molecule has 4 heteroatoms. The number of rotatable bonds is 1. The van der Waals surface area contributed by atoms with E-state index in [-0.39, 0.29) is 12.0 Å². The van der Waals surface area contributed by atoms with E-state index in [9.17, 15) is 9.50 Å². The summed E-state index contributed by atoms with van der Waals surface area (Å²) in [5, 5.41) is 9.98. The molecule has 0 saturated carbocycles. The van der Waals surface area contributed by atoms with E-state index in [1.54, 1.807) is 6.07 Å². The first-order valence-corrected chi connectivity index (χ1v) is 7.33. The van der Waals surface area contributed by atoms with Crippen molar-refractivity contribution in [2.45, 2.75) is 38.3 Å². The van der Waals surface area contributed by atoms with Crippen LogP contribution in [0.1, 0.15) is 37.7 Å². The van der Waals surface area contributed by atoms with Crippen molar-refractivity contribution in [1.82, 2.24) is 0 Å². The van der Waals surface area contributed by atoms with Gasteiger partial charge in [0.25, 0.3) is 0 Å². The summed E-state index contributed by atoms with van der Waals surface area (Å²) in [7, 11) is 0. The Bertz CT molecular complexity index is 509. The van der Waals surface area contributed by atoms with Crippen LogP contribution in [0.3, 0.4) is 0 Å². The lowest BCUT2D eigenvalue weighted by molar-refractivity contribution is 0.0141. The average molecular weight is 277 g/mol. The largest absolute Gasteiger partial charge is 0.504 e. The van der Waals surface area contributed by atoms with Gasteiger partial charge in [-0.2, -0.15) is 0 Å². The summed E-state index contributed by atoms with van der Waals surface area (Å²) in [6, 6.07) is 3.08. The number of anilines is 1. The van der Waals surface area contributed by atoms with Gasteiger partial charge in [-0.3, -0.25) is 0 Å².